The number of carbonyl (C=O) groups excluding carboxylic acids is 1. The lowest BCUT2D eigenvalue weighted by Crippen LogP contribution is -2.16. The van der Waals surface area contributed by atoms with Gasteiger partial charge in [-0.1, -0.05) is 29.5 Å². The molecule has 3 aromatic heterocycles. The summed E-state index contributed by atoms with van der Waals surface area (Å²) in [5.74, 6) is 1.33. The van der Waals surface area contributed by atoms with Crippen LogP contribution >= 0.6 is 11.3 Å². The third kappa shape index (κ3) is 4.08. The summed E-state index contributed by atoms with van der Waals surface area (Å²) >= 11 is 1.34. The fourth-order valence-corrected chi connectivity index (χ4v) is 4.45. The number of nitrogens with one attached hydrogen (secondary N) is 2. The highest BCUT2D eigenvalue weighted by Gasteiger charge is 2.15. The zero-order valence-corrected chi connectivity index (χ0v) is 19.2. The average Bonchev–Trinajstić information content (AvgIpc) is 3.45. The number of H-pyrrole nitrogens is 1. The Hall–Kier alpha value is -4.25. The van der Waals surface area contributed by atoms with E-state index in [1.165, 1.54) is 17.5 Å². The lowest BCUT2D eigenvalue weighted by Gasteiger charge is -2.05. The third-order valence-electron chi connectivity index (χ3n) is 5.22. The van der Waals surface area contributed by atoms with Crippen molar-refractivity contribution in [1.29, 1.82) is 0 Å². The van der Waals surface area contributed by atoms with Gasteiger partial charge in [-0.25, -0.2) is 14.6 Å². The highest BCUT2D eigenvalue weighted by Crippen LogP contribution is 2.36. The number of aryl methyl sites for hydroxylation is 1. The maximum atomic E-state index is 12.6. The van der Waals surface area contributed by atoms with Crippen LogP contribution in [0.5, 0.6) is 11.5 Å². The van der Waals surface area contributed by atoms with Crippen molar-refractivity contribution in [3.63, 3.8) is 0 Å². The summed E-state index contributed by atoms with van der Waals surface area (Å²) in [6.07, 6.45) is 1.86. The van der Waals surface area contributed by atoms with E-state index in [9.17, 15) is 9.59 Å². The molecule has 0 aliphatic rings. The summed E-state index contributed by atoms with van der Waals surface area (Å²) in [7, 11) is 3.12. The summed E-state index contributed by atoms with van der Waals surface area (Å²) in [5, 5.41) is 7.96. The zero-order chi connectivity index (χ0) is 23.7. The highest BCUT2D eigenvalue weighted by molar-refractivity contribution is 7.22. The van der Waals surface area contributed by atoms with E-state index in [0.29, 0.717) is 39.0 Å². The Kier molecular flexibility index (Phi) is 5.68. The molecule has 0 spiro atoms. The molecule has 0 saturated heterocycles. The van der Waals surface area contributed by atoms with Crippen LogP contribution < -0.4 is 20.3 Å². The number of benzene rings is 2. The fourth-order valence-electron chi connectivity index (χ4n) is 3.56. The van der Waals surface area contributed by atoms with Crippen molar-refractivity contribution in [2.45, 2.75) is 12.8 Å². The van der Waals surface area contributed by atoms with Crippen molar-refractivity contribution in [2.24, 2.45) is 0 Å². The smallest absolute Gasteiger partial charge is 0.262 e. The Morgan fingerprint density at radius 1 is 1.12 bits per heavy atom. The molecule has 2 aromatic carbocycles. The second kappa shape index (κ2) is 8.94. The Morgan fingerprint density at radius 2 is 1.88 bits per heavy atom. The van der Waals surface area contributed by atoms with E-state index in [1.807, 2.05) is 36.4 Å². The maximum absolute atomic E-state index is 12.6. The Balaban J connectivity index is 1.32. The standard InChI is InChI=1S/C23H20N6O4S/c1-32-16-10-15-18(11-17(16)33-2)34-23(25-15)28-20(30)9-8-19-26-21-14(22(31)27-19)12-24-29(21)13-6-4-3-5-7-13/h3-7,10-12H,8-9H2,1-2H3,(H,25,28,30)(H,26,27,31). The molecule has 0 atom stereocenters. The number of fused-ring (bicyclic) bond motifs is 2. The van der Waals surface area contributed by atoms with Gasteiger partial charge in [0.1, 0.15) is 11.2 Å². The number of aromatic nitrogens is 5. The molecular formula is C23H20N6O4S. The average molecular weight is 477 g/mol. The first-order chi connectivity index (χ1) is 16.6. The van der Waals surface area contributed by atoms with Crippen LogP contribution in [-0.4, -0.2) is 44.9 Å². The van der Waals surface area contributed by atoms with E-state index in [4.69, 9.17) is 9.47 Å². The van der Waals surface area contributed by atoms with Gasteiger partial charge in [0.15, 0.2) is 22.3 Å². The van der Waals surface area contributed by atoms with Gasteiger partial charge in [0.2, 0.25) is 5.91 Å². The lowest BCUT2D eigenvalue weighted by atomic mass is 10.2. The van der Waals surface area contributed by atoms with E-state index < -0.39 is 0 Å². The van der Waals surface area contributed by atoms with Crippen LogP contribution in [0, 0.1) is 0 Å². The largest absolute Gasteiger partial charge is 0.493 e. The predicted molar refractivity (Wildman–Crippen MR) is 129 cm³/mol. The molecule has 2 N–H and O–H groups in total. The first-order valence-corrected chi connectivity index (χ1v) is 11.2. The summed E-state index contributed by atoms with van der Waals surface area (Å²) in [6, 6.07) is 13.0. The molecule has 10 nitrogen and oxygen atoms in total. The van der Waals surface area contributed by atoms with E-state index in [2.05, 4.69) is 25.4 Å². The summed E-state index contributed by atoms with van der Waals surface area (Å²) in [4.78, 5) is 36.8. The molecule has 0 unspecified atom stereocenters. The first-order valence-electron chi connectivity index (χ1n) is 10.4. The summed E-state index contributed by atoms with van der Waals surface area (Å²) < 4.78 is 13.1. The number of hydrogen-bond donors (Lipinski definition) is 2. The summed E-state index contributed by atoms with van der Waals surface area (Å²) in [5.41, 5.74) is 1.64. The molecule has 172 valence electrons. The molecular weight excluding hydrogens is 456 g/mol. The minimum absolute atomic E-state index is 0.122. The van der Waals surface area contributed by atoms with Gasteiger partial charge < -0.3 is 19.8 Å². The van der Waals surface area contributed by atoms with E-state index in [-0.39, 0.29) is 24.3 Å². The Labute approximate surface area is 197 Å². The van der Waals surface area contributed by atoms with Gasteiger partial charge in [0.05, 0.1) is 36.3 Å². The molecule has 3 heterocycles. The number of para-hydroxylation sites is 1. The van der Waals surface area contributed by atoms with Gasteiger partial charge in [-0.05, 0) is 12.1 Å². The van der Waals surface area contributed by atoms with Crippen LogP contribution in [0.3, 0.4) is 0 Å². The number of carbonyl (C=O) groups is 1. The van der Waals surface area contributed by atoms with Crippen LogP contribution in [0.4, 0.5) is 5.13 Å². The van der Waals surface area contributed by atoms with E-state index in [0.717, 1.165) is 10.4 Å². The van der Waals surface area contributed by atoms with Crippen molar-refractivity contribution in [2.75, 3.05) is 19.5 Å². The molecule has 5 rings (SSSR count). The molecule has 0 fully saturated rings. The predicted octanol–water partition coefficient (Wildman–Crippen LogP) is 3.31. The van der Waals surface area contributed by atoms with Gasteiger partial charge >= 0.3 is 0 Å². The molecule has 0 bridgehead atoms. The third-order valence-corrected chi connectivity index (χ3v) is 6.15. The Morgan fingerprint density at radius 3 is 2.65 bits per heavy atom. The van der Waals surface area contributed by atoms with Crippen molar-refractivity contribution < 1.29 is 14.3 Å². The molecule has 5 aromatic rings. The van der Waals surface area contributed by atoms with Gasteiger partial charge in [0.25, 0.3) is 5.56 Å². The fraction of sp³-hybridized carbons (Fsp3) is 0.174. The molecule has 0 saturated carbocycles. The first kappa shape index (κ1) is 21.6. The molecule has 11 heteroatoms. The minimum Gasteiger partial charge on any atom is -0.493 e. The second-order valence-corrected chi connectivity index (χ2v) is 8.41. The number of ether oxygens (including phenoxy) is 2. The number of nitrogens with zero attached hydrogens (tertiary/aromatic N) is 4. The van der Waals surface area contributed by atoms with Crippen LogP contribution in [0.15, 0.2) is 53.5 Å². The number of rotatable bonds is 7. The van der Waals surface area contributed by atoms with Gasteiger partial charge in [-0.2, -0.15) is 5.10 Å². The second-order valence-electron chi connectivity index (χ2n) is 7.38. The minimum atomic E-state index is -0.295. The van der Waals surface area contributed by atoms with Crippen LogP contribution in [0.25, 0.3) is 26.9 Å². The lowest BCUT2D eigenvalue weighted by molar-refractivity contribution is -0.116. The topological polar surface area (TPSA) is 124 Å². The Bertz CT molecular complexity index is 1520. The number of aromatic amines is 1. The van der Waals surface area contributed by atoms with Crippen LogP contribution in [0.2, 0.25) is 0 Å². The number of thiazole rings is 1. The maximum Gasteiger partial charge on any atom is 0.262 e. The molecule has 0 aliphatic heterocycles. The van der Waals surface area contributed by atoms with Gasteiger partial charge in [-0.15, -0.1) is 0 Å². The number of amides is 1. The monoisotopic (exact) mass is 476 g/mol. The molecule has 34 heavy (non-hydrogen) atoms. The molecule has 0 radical (unpaired) electrons. The van der Waals surface area contributed by atoms with Crippen molar-refractivity contribution >= 4 is 43.6 Å². The van der Waals surface area contributed by atoms with Gasteiger partial charge in [0, 0.05) is 25.0 Å². The highest BCUT2D eigenvalue weighted by atomic mass is 32.1. The van der Waals surface area contributed by atoms with E-state index >= 15 is 0 Å². The number of anilines is 1. The molecule has 1 amide bonds. The van der Waals surface area contributed by atoms with Crippen LogP contribution in [0.1, 0.15) is 12.2 Å². The summed E-state index contributed by atoms with van der Waals surface area (Å²) in [6.45, 7) is 0. The van der Waals surface area contributed by atoms with Crippen molar-refractivity contribution in [1.82, 2.24) is 24.7 Å². The number of hydrogen-bond acceptors (Lipinski definition) is 8. The normalized spacial score (nSPS) is 11.1. The van der Waals surface area contributed by atoms with E-state index in [1.54, 1.807) is 25.0 Å². The quantitative estimate of drug-likeness (QED) is 0.369. The van der Waals surface area contributed by atoms with Crippen molar-refractivity contribution in [3.05, 3.63) is 64.8 Å². The number of methoxy groups -OCH3 is 2. The molecule has 0 aliphatic carbocycles. The van der Waals surface area contributed by atoms with Crippen LogP contribution in [-0.2, 0) is 11.2 Å². The SMILES string of the molecule is COc1cc2nc(NC(=O)CCc3nc4c(cnn4-c4ccccc4)c(=O)[nH]3)sc2cc1OC. The van der Waals surface area contributed by atoms with Crippen molar-refractivity contribution in [3.8, 4) is 17.2 Å². The van der Waals surface area contributed by atoms with Gasteiger partial charge in [-0.3, -0.25) is 9.59 Å². The zero-order valence-electron chi connectivity index (χ0n) is 18.4.